The largest absolute Gasteiger partial charge is 0.383 e. The van der Waals surface area contributed by atoms with Crippen LogP contribution in [0.3, 0.4) is 0 Å². The van der Waals surface area contributed by atoms with Crippen LogP contribution in [-0.2, 0) is 0 Å². The fourth-order valence-electron chi connectivity index (χ4n) is 2.01. The number of pyridine rings is 1. The van der Waals surface area contributed by atoms with Crippen LogP contribution in [0.5, 0.6) is 0 Å². The lowest BCUT2D eigenvalue weighted by Gasteiger charge is -2.19. The molecular weight excluding hydrogens is 250 g/mol. The molecule has 1 atom stereocenters. The average Bonchev–Trinajstić information content (AvgIpc) is 2.44. The number of hydrogen-bond donors (Lipinski definition) is 2. The van der Waals surface area contributed by atoms with Gasteiger partial charge in [-0.3, -0.25) is 0 Å². The molecule has 1 unspecified atom stereocenters. The van der Waals surface area contributed by atoms with Gasteiger partial charge in [-0.1, -0.05) is 6.92 Å². The standard InChI is InChI=1S/C15H21N5/c1-4-5-17-13(15-19-8-11(3)9-20-15)12-6-10(2)7-18-14(12)16/h6-9,13,17H,4-5H2,1-3H3,(H2,16,18). The first-order valence-corrected chi connectivity index (χ1v) is 6.85. The molecule has 0 saturated carbocycles. The Morgan fingerprint density at radius 2 is 1.75 bits per heavy atom. The maximum Gasteiger partial charge on any atom is 0.149 e. The lowest BCUT2D eigenvalue weighted by Crippen LogP contribution is -2.26. The highest BCUT2D eigenvalue weighted by Gasteiger charge is 2.19. The number of nitrogen functional groups attached to an aromatic ring is 1. The number of nitrogens with two attached hydrogens (primary N) is 1. The summed E-state index contributed by atoms with van der Waals surface area (Å²) in [4.78, 5) is 13.1. The summed E-state index contributed by atoms with van der Waals surface area (Å²) in [6, 6.07) is 1.92. The first-order chi connectivity index (χ1) is 9.61. The Balaban J connectivity index is 2.41. The SMILES string of the molecule is CCCNC(c1ncc(C)cn1)c1cc(C)cnc1N. The van der Waals surface area contributed by atoms with E-state index in [0.717, 1.165) is 35.5 Å². The third kappa shape index (κ3) is 3.30. The molecule has 0 aliphatic rings. The second kappa shape index (κ2) is 6.43. The van der Waals surface area contributed by atoms with Gasteiger partial charge in [0.2, 0.25) is 0 Å². The van der Waals surface area contributed by atoms with Gasteiger partial charge >= 0.3 is 0 Å². The molecule has 0 aliphatic carbocycles. The molecule has 5 nitrogen and oxygen atoms in total. The predicted octanol–water partition coefficient (Wildman–Crippen LogP) is 2.16. The van der Waals surface area contributed by atoms with Gasteiger partial charge in [0, 0.05) is 24.2 Å². The molecule has 106 valence electrons. The Kier molecular flexibility index (Phi) is 4.63. The quantitative estimate of drug-likeness (QED) is 0.871. The van der Waals surface area contributed by atoms with Crippen molar-refractivity contribution in [2.75, 3.05) is 12.3 Å². The van der Waals surface area contributed by atoms with Crippen LogP contribution in [-0.4, -0.2) is 21.5 Å². The number of aromatic nitrogens is 3. The number of aryl methyl sites for hydroxylation is 2. The van der Waals surface area contributed by atoms with Gasteiger partial charge in [0.05, 0.1) is 6.04 Å². The van der Waals surface area contributed by atoms with E-state index in [2.05, 4.69) is 27.2 Å². The van der Waals surface area contributed by atoms with Crippen LogP contribution in [0.1, 0.15) is 41.9 Å². The maximum absolute atomic E-state index is 6.02. The summed E-state index contributed by atoms with van der Waals surface area (Å²) >= 11 is 0. The van der Waals surface area contributed by atoms with Crippen LogP contribution in [0.15, 0.2) is 24.7 Å². The Hall–Kier alpha value is -2.01. The molecule has 0 fully saturated rings. The van der Waals surface area contributed by atoms with Crippen molar-refractivity contribution in [3.8, 4) is 0 Å². The fourth-order valence-corrected chi connectivity index (χ4v) is 2.01. The monoisotopic (exact) mass is 271 g/mol. The van der Waals surface area contributed by atoms with Crippen LogP contribution in [0.2, 0.25) is 0 Å². The molecule has 5 heteroatoms. The molecule has 0 radical (unpaired) electrons. The summed E-state index contributed by atoms with van der Waals surface area (Å²) in [6.45, 7) is 6.97. The predicted molar refractivity (Wildman–Crippen MR) is 80.3 cm³/mol. The van der Waals surface area contributed by atoms with Crippen molar-refractivity contribution in [1.29, 1.82) is 0 Å². The van der Waals surface area contributed by atoms with Crippen molar-refractivity contribution in [3.05, 3.63) is 47.2 Å². The molecule has 0 amide bonds. The zero-order valence-electron chi connectivity index (χ0n) is 12.2. The van der Waals surface area contributed by atoms with Crippen molar-refractivity contribution in [3.63, 3.8) is 0 Å². The van der Waals surface area contributed by atoms with Crippen molar-refractivity contribution in [2.24, 2.45) is 0 Å². The van der Waals surface area contributed by atoms with E-state index in [0.29, 0.717) is 5.82 Å². The molecule has 0 aromatic carbocycles. The van der Waals surface area contributed by atoms with Crippen LogP contribution in [0.4, 0.5) is 5.82 Å². The summed E-state index contributed by atoms with van der Waals surface area (Å²) in [5.74, 6) is 1.25. The first kappa shape index (κ1) is 14.4. The van der Waals surface area contributed by atoms with Crippen LogP contribution < -0.4 is 11.1 Å². The number of hydrogen-bond acceptors (Lipinski definition) is 5. The molecule has 0 spiro atoms. The average molecular weight is 271 g/mol. The first-order valence-electron chi connectivity index (χ1n) is 6.85. The van der Waals surface area contributed by atoms with E-state index in [1.807, 2.05) is 32.3 Å². The molecule has 0 bridgehead atoms. The molecular formula is C15H21N5. The van der Waals surface area contributed by atoms with Crippen molar-refractivity contribution in [1.82, 2.24) is 20.3 Å². The molecule has 2 rings (SSSR count). The highest BCUT2D eigenvalue weighted by molar-refractivity contribution is 5.45. The Bertz CT molecular complexity index is 565. The van der Waals surface area contributed by atoms with Crippen molar-refractivity contribution >= 4 is 5.82 Å². The molecule has 20 heavy (non-hydrogen) atoms. The van der Waals surface area contributed by atoms with E-state index in [4.69, 9.17) is 5.73 Å². The fraction of sp³-hybridized carbons (Fsp3) is 0.400. The van der Waals surface area contributed by atoms with Gasteiger partial charge in [-0.2, -0.15) is 0 Å². The van der Waals surface area contributed by atoms with Gasteiger partial charge in [0.1, 0.15) is 11.6 Å². The summed E-state index contributed by atoms with van der Waals surface area (Å²) in [6.07, 6.45) is 6.44. The Labute approximate surface area is 119 Å². The van der Waals surface area contributed by atoms with Crippen LogP contribution in [0.25, 0.3) is 0 Å². The Morgan fingerprint density at radius 1 is 1.10 bits per heavy atom. The van der Waals surface area contributed by atoms with Gasteiger partial charge in [-0.25, -0.2) is 15.0 Å². The number of nitrogens with one attached hydrogen (secondary N) is 1. The minimum Gasteiger partial charge on any atom is -0.383 e. The second-order valence-corrected chi connectivity index (χ2v) is 4.99. The third-order valence-electron chi connectivity index (χ3n) is 3.05. The minimum absolute atomic E-state index is 0.122. The van der Waals surface area contributed by atoms with E-state index >= 15 is 0 Å². The van der Waals surface area contributed by atoms with E-state index in [1.54, 1.807) is 6.20 Å². The van der Waals surface area contributed by atoms with Gasteiger partial charge in [-0.15, -0.1) is 0 Å². The van der Waals surface area contributed by atoms with E-state index in [1.165, 1.54) is 0 Å². The Morgan fingerprint density at radius 3 is 2.40 bits per heavy atom. The minimum atomic E-state index is -0.122. The molecule has 0 aliphatic heterocycles. The van der Waals surface area contributed by atoms with Gasteiger partial charge in [0.25, 0.3) is 0 Å². The lowest BCUT2D eigenvalue weighted by atomic mass is 10.0. The van der Waals surface area contributed by atoms with E-state index in [-0.39, 0.29) is 6.04 Å². The smallest absolute Gasteiger partial charge is 0.149 e. The molecule has 3 N–H and O–H groups in total. The van der Waals surface area contributed by atoms with Gasteiger partial charge in [-0.05, 0) is 44.0 Å². The number of nitrogens with zero attached hydrogens (tertiary/aromatic N) is 3. The van der Waals surface area contributed by atoms with Gasteiger partial charge in [0.15, 0.2) is 0 Å². The summed E-state index contributed by atoms with van der Waals surface area (Å²) < 4.78 is 0. The topological polar surface area (TPSA) is 76.7 Å². The zero-order valence-corrected chi connectivity index (χ0v) is 12.2. The second-order valence-electron chi connectivity index (χ2n) is 4.99. The summed E-state index contributed by atoms with van der Waals surface area (Å²) in [5.41, 5.74) is 9.07. The summed E-state index contributed by atoms with van der Waals surface area (Å²) in [5, 5.41) is 3.44. The maximum atomic E-state index is 6.02. The lowest BCUT2D eigenvalue weighted by molar-refractivity contribution is 0.571. The van der Waals surface area contributed by atoms with Crippen molar-refractivity contribution in [2.45, 2.75) is 33.2 Å². The number of rotatable bonds is 5. The molecule has 2 aromatic heterocycles. The summed E-state index contributed by atoms with van der Waals surface area (Å²) in [7, 11) is 0. The number of anilines is 1. The van der Waals surface area contributed by atoms with Crippen LogP contribution >= 0.6 is 0 Å². The van der Waals surface area contributed by atoms with Crippen molar-refractivity contribution < 1.29 is 0 Å². The highest BCUT2D eigenvalue weighted by Crippen LogP contribution is 2.24. The van der Waals surface area contributed by atoms with E-state index in [9.17, 15) is 0 Å². The molecule has 2 aromatic rings. The van der Waals surface area contributed by atoms with Crippen LogP contribution in [0, 0.1) is 13.8 Å². The zero-order chi connectivity index (χ0) is 14.5. The van der Waals surface area contributed by atoms with E-state index < -0.39 is 0 Å². The third-order valence-corrected chi connectivity index (χ3v) is 3.05. The molecule has 2 heterocycles. The highest BCUT2D eigenvalue weighted by atomic mass is 15.0. The molecule has 0 saturated heterocycles. The van der Waals surface area contributed by atoms with Gasteiger partial charge < -0.3 is 11.1 Å². The normalized spacial score (nSPS) is 12.3.